The molecule has 162 valence electrons. The van der Waals surface area contributed by atoms with E-state index < -0.39 is 6.10 Å². The highest BCUT2D eigenvalue weighted by Gasteiger charge is 2.27. The fraction of sp³-hybridized carbons (Fsp3) is 0.429. The van der Waals surface area contributed by atoms with Crippen molar-refractivity contribution in [1.29, 1.82) is 0 Å². The number of methoxy groups -OCH3 is 1. The van der Waals surface area contributed by atoms with Crippen LogP contribution < -0.4 is 0 Å². The maximum Gasteiger partial charge on any atom is 0.348 e. The molecule has 0 unspecified atom stereocenters. The van der Waals surface area contributed by atoms with E-state index >= 15 is 0 Å². The van der Waals surface area contributed by atoms with Crippen molar-refractivity contribution in [2.24, 2.45) is 0 Å². The third-order valence-electron chi connectivity index (χ3n) is 4.83. The van der Waals surface area contributed by atoms with Gasteiger partial charge in [0.15, 0.2) is 0 Å². The molecule has 1 aliphatic rings. The zero-order valence-electron chi connectivity index (χ0n) is 16.8. The minimum absolute atomic E-state index is 0.0347. The van der Waals surface area contributed by atoms with Crippen LogP contribution in [0.25, 0.3) is 0 Å². The van der Waals surface area contributed by atoms with Crippen LogP contribution in [0.1, 0.15) is 26.5 Å². The largest absolute Gasteiger partial charge is 0.465 e. The molecule has 0 radical (unpaired) electrons. The molecule has 0 spiro atoms. The molecular weight excluding hydrogens is 488 g/mol. The molecule has 0 saturated carbocycles. The van der Waals surface area contributed by atoms with Crippen LogP contribution in [-0.2, 0) is 17.6 Å². The highest BCUT2D eigenvalue weighted by atomic mass is 79.9. The van der Waals surface area contributed by atoms with Crippen molar-refractivity contribution in [3.05, 3.63) is 56.2 Å². The molecule has 0 aliphatic carbocycles. The SMILES string of the molecule is COC(=O)c1ccc(CCN2C(=O)SCCN2CC[C@@H](O)Cc2cccc(Br)c2)s1. The smallest absolute Gasteiger partial charge is 0.348 e. The van der Waals surface area contributed by atoms with E-state index in [-0.39, 0.29) is 11.2 Å². The maximum atomic E-state index is 12.5. The van der Waals surface area contributed by atoms with E-state index in [2.05, 4.69) is 15.9 Å². The number of hydrogen-bond donors (Lipinski definition) is 1. The molecule has 1 fully saturated rings. The van der Waals surface area contributed by atoms with Crippen LogP contribution in [0.2, 0.25) is 0 Å². The lowest BCUT2D eigenvalue weighted by Crippen LogP contribution is -2.51. The van der Waals surface area contributed by atoms with Crippen LogP contribution in [0.15, 0.2) is 40.9 Å². The van der Waals surface area contributed by atoms with Gasteiger partial charge in [0.2, 0.25) is 0 Å². The lowest BCUT2D eigenvalue weighted by molar-refractivity contribution is 0.0148. The zero-order chi connectivity index (χ0) is 21.5. The maximum absolute atomic E-state index is 12.5. The summed E-state index contributed by atoms with van der Waals surface area (Å²) in [5.41, 5.74) is 1.08. The van der Waals surface area contributed by atoms with Gasteiger partial charge in [0.1, 0.15) is 4.88 Å². The van der Waals surface area contributed by atoms with Crippen molar-refractivity contribution in [3.8, 4) is 0 Å². The number of rotatable bonds is 9. The van der Waals surface area contributed by atoms with Crippen LogP contribution >= 0.6 is 39.0 Å². The predicted molar refractivity (Wildman–Crippen MR) is 124 cm³/mol. The van der Waals surface area contributed by atoms with E-state index in [4.69, 9.17) is 4.74 Å². The average molecular weight is 513 g/mol. The third-order valence-corrected chi connectivity index (χ3v) is 7.29. The summed E-state index contributed by atoms with van der Waals surface area (Å²) in [7, 11) is 1.37. The molecule has 1 aromatic heterocycles. The molecule has 1 atom stereocenters. The van der Waals surface area contributed by atoms with Crippen LogP contribution in [0.4, 0.5) is 4.79 Å². The lowest BCUT2D eigenvalue weighted by Gasteiger charge is -2.38. The number of thiophene rings is 1. The van der Waals surface area contributed by atoms with Crippen molar-refractivity contribution >= 4 is 50.2 Å². The molecule has 1 aliphatic heterocycles. The van der Waals surface area contributed by atoms with Gasteiger partial charge in [-0.3, -0.25) is 9.80 Å². The zero-order valence-corrected chi connectivity index (χ0v) is 20.0. The van der Waals surface area contributed by atoms with Gasteiger partial charge in [-0.25, -0.2) is 9.80 Å². The lowest BCUT2D eigenvalue weighted by atomic mass is 10.1. The summed E-state index contributed by atoms with van der Waals surface area (Å²) in [6.07, 6.45) is 1.38. The molecule has 1 saturated heterocycles. The molecule has 1 aromatic carbocycles. The summed E-state index contributed by atoms with van der Waals surface area (Å²) in [4.78, 5) is 25.7. The normalized spacial score (nSPS) is 16.0. The minimum atomic E-state index is -0.467. The van der Waals surface area contributed by atoms with E-state index in [1.54, 1.807) is 11.1 Å². The first kappa shape index (κ1) is 23.3. The highest BCUT2D eigenvalue weighted by molar-refractivity contribution is 9.10. The van der Waals surface area contributed by atoms with Crippen LogP contribution in [0.3, 0.4) is 0 Å². The quantitative estimate of drug-likeness (QED) is 0.507. The number of hydrogen-bond acceptors (Lipinski definition) is 7. The number of thioether (sulfide) groups is 1. The Labute approximate surface area is 193 Å². The van der Waals surface area contributed by atoms with Gasteiger partial charge in [-0.15, -0.1) is 11.3 Å². The van der Waals surface area contributed by atoms with Gasteiger partial charge in [0, 0.05) is 41.2 Å². The molecule has 2 heterocycles. The molecular formula is C21H25BrN2O4S2. The van der Waals surface area contributed by atoms with Gasteiger partial charge in [-0.1, -0.05) is 39.8 Å². The molecule has 1 amide bonds. The summed E-state index contributed by atoms with van der Waals surface area (Å²) >= 11 is 6.18. The standard InChI is InChI=1S/C21H25BrN2O4S2/c1-28-20(26)19-6-5-18(30-19)8-10-24-21(27)29-12-11-23(24)9-7-17(25)14-15-3-2-4-16(22)13-15/h2-6,13,17,25H,7-12,14H2,1H3/t17-/m1/s1. The Balaban J connectivity index is 1.53. The average Bonchev–Trinajstić information content (AvgIpc) is 3.20. The Bertz CT molecular complexity index is 876. The first-order valence-corrected chi connectivity index (χ1v) is 12.3. The Morgan fingerprint density at radius 2 is 2.13 bits per heavy atom. The van der Waals surface area contributed by atoms with Gasteiger partial charge < -0.3 is 9.84 Å². The second-order valence-corrected chi connectivity index (χ2v) is 10.1. The number of halogens is 1. The Morgan fingerprint density at radius 3 is 2.90 bits per heavy atom. The van der Waals surface area contributed by atoms with E-state index in [9.17, 15) is 14.7 Å². The van der Waals surface area contributed by atoms with Crippen molar-refractivity contribution in [2.45, 2.75) is 25.4 Å². The second kappa shape index (κ2) is 11.3. The topological polar surface area (TPSA) is 70.1 Å². The predicted octanol–water partition coefficient (Wildman–Crippen LogP) is 4.22. The summed E-state index contributed by atoms with van der Waals surface area (Å²) < 4.78 is 5.75. The van der Waals surface area contributed by atoms with E-state index in [1.807, 2.05) is 35.3 Å². The minimum Gasteiger partial charge on any atom is -0.465 e. The number of carbonyl (C=O) groups is 2. The molecule has 9 heteroatoms. The van der Waals surface area contributed by atoms with Crippen molar-refractivity contribution < 1.29 is 19.4 Å². The fourth-order valence-corrected chi connectivity index (χ4v) is 5.48. The molecule has 3 rings (SSSR count). The van der Waals surface area contributed by atoms with Crippen molar-refractivity contribution in [2.75, 3.05) is 32.5 Å². The fourth-order valence-electron chi connectivity index (χ4n) is 3.29. The van der Waals surface area contributed by atoms with Gasteiger partial charge in [-0.05, 0) is 42.7 Å². The monoisotopic (exact) mass is 512 g/mol. The van der Waals surface area contributed by atoms with E-state index in [0.717, 1.165) is 27.2 Å². The number of benzene rings is 1. The van der Waals surface area contributed by atoms with E-state index in [1.165, 1.54) is 30.2 Å². The molecule has 0 bridgehead atoms. The van der Waals surface area contributed by atoms with Crippen LogP contribution in [0, 0.1) is 0 Å². The molecule has 30 heavy (non-hydrogen) atoms. The van der Waals surface area contributed by atoms with Gasteiger partial charge in [-0.2, -0.15) is 0 Å². The first-order chi connectivity index (χ1) is 14.5. The second-order valence-electron chi connectivity index (χ2n) is 6.98. The number of carbonyl (C=O) groups excluding carboxylic acids is 2. The summed E-state index contributed by atoms with van der Waals surface area (Å²) in [5.74, 6) is 0.416. The van der Waals surface area contributed by atoms with Crippen LogP contribution in [0.5, 0.6) is 0 Å². The molecule has 2 aromatic rings. The number of aliphatic hydroxyl groups is 1. The number of hydrazine groups is 1. The van der Waals surface area contributed by atoms with Crippen molar-refractivity contribution in [3.63, 3.8) is 0 Å². The Morgan fingerprint density at radius 1 is 1.30 bits per heavy atom. The number of amides is 1. The number of nitrogens with zero attached hydrogens (tertiary/aromatic N) is 2. The highest BCUT2D eigenvalue weighted by Crippen LogP contribution is 2.23. The number of aliphatic hydroxyl groups excluding tert-OH is 1. The van der Waals surface area contributed by atoms with Crippen molar-refractivity contribution in [1.82, 2.24) is 10.0 Å². The van der Waals surface area contributed by atoms with Gasteiger partial charge in [0.25, 0.3) is 5.24 Å². The number of esters is 1. The van der Waals surface area contributed by atoms with Gasteiger partial charge in [0.05, 0.1) is 13.2 Å². The first-order valence-electron chi connectivity index (χ1n) is 9.75. The van der Waals surface area contributed by atoms with Crippen LogP contribution in [-0.4, -0.2) is 64.9 Å². The number of ether oxygens (including phenoxy) is 1. The Hall–Kier alpha value is -1.39. The molecule has 6 nitrogen and oxygen atoms in total. The summed E-state index contributed by atoms with van der Waals surface area (Å²) in [5, 5.41) is 14.3. The summed E-state index contributed by atoms with van der Waals surface area (Å²) in [6, 6.07) is 11.6. The molecule has 1 N–H and O–H groups in total. The van der Waals surface area contributed by atoms with Gasteiger partial charge >= 0.3 is 5.97 Å². The Kier molecular flexibility index (Phi) is 8.76. The summed E-state index contributed by atoms with van der Waals surface area (Å²) in [6.45, 7) is 1.95. The van der Waals surface area contributed by atoms with E-state index in [0.29, 0.717) is 37.2 Å². The third kappa shape index (κ3) is 6.55.